The van der Waals surface area contributed by atoms with Gasteiger partial charge in [-0.1, -0.05) is 18.2 Å². The summed E-state index contributed by atoms with van der Waals surface area (Å²) in [6, 6.07) is 10.3. The van der Waals surface area contributed by atoms with Crippen molar-refractivity contribution in [3.05, 3.63) is 47.6 Å². The Morgan fingerprint density at radius 3 is 3.04 bits per heavy atom. The van der Waals surface area contributed by atoms with Gasteiger partial charge in [0.05, 0.1) is 5.69 Å². The summed E-state index contributed by atoms with van der Waals surface area (Å²) in [5.41, 5.74) is 2.35. The number of nitrogens with one attached hydrogen (secondary N) is 2. The highest BCUT2D eigenvalue weighted by Gasteiger charge is 2.26. The Morgan fingerprint density at radius 2 is 2.17 bits per heavy atom. The molecule has 1 saturated carbocycles. The average molecular weight is 340 g/mol. The average Bonchev–Trinajstić information content (AvgIpc) is 3.21. The number of fused-ring (bicyclic) bond motifs is 1. The Labute approximate surface area is 144 Å². The largest absolute Gasteiger partial charge is 0.347 e. The summed E-state index contributed by atoms with van der Waals surface area (Å²) in [5, 5.41) is 9.70. The molecule has 2 aromatic heterocycles. The Hall–Kier alpha value is -2.34. The van der Waals surface area contributed by atoms with E-state index in [4.69, 9.17) is 0 Å². The maximum atomic E-state index is 11.9. The molecule has 2 heterocycles. The molecule has 4 rings (SSSR count). The van der Waals surface area contributed by atoms with E-state index < -0.39 is 0 Å². The van der Waals surface area contributed by atoms with Crippen LogP contribution >= 0.6 is 11.3 Å². The van der Waals surface area contributed by atoms with Gasteiger partial charge in [-0.15, -0.1) is 11.3 Å². The highest BCUT2D eigenvalue weighted by Crippen LogP contribution is 2.40. The third-order valence-electron chi connectivity index (χ3n) is 4.28. The third kappa shape index (κ3) is 3.43. The molecule has 1 aromatic carbocycles. The summed E-state index contributed by atoms with van der Waals surface area (Å²) in [7, 11) is 0. The van der Waals surface area contributed by atoms with E-state index in [1.807, 2.05) is 11.4 Å². The first-order valence-electron chi connectivity index (χ1n) is 8.34. The number of para-hydroxylation sites is 1. The second-order valence-electron chi connectivity index (χ2n) is 6.15. The lowest BCUT2D eigenvalue weighted by atomic mass is 10.2. The molecular formula is C18H20N4OS. The lowest BCUT2D eigenvalue weighted by Crippen LogP contribution is -2.30. The number of anilines is 1. The van der Waals surface area contributed by atoms with Crippen LogP contribution in [0, 0.1) is 0 Å². The molecule has 1 aliphatic carbocycles. The van der Waals surface area contributed by atoms with Gasteiger partial charge in [-0.3, -0.25) is 5.32 Å². The molecule has 6 heteroatoms. The van der Waals surface area contributed by atoms with Gasteiger partial charge in [0, 0.05) is 36.1 Å². The predicted molar refractivity (Wildman–Crippen MR) is 97.7 cm³/mol. The SMILES string of the molecule is O=C(NCCCn1ccc2ccccc21)Nc1nc(C2CC2)cs1. The highest BCUT2D eigenvalue weighted by atomic mass is 32.1. The Morgan fingerprint density at radius 1 is 1.29 bits per heavy atom. The van der Waals surface area contributed by atoms with Crippen LogP contribution < -0.4 is 10.6 Å². The summed E-state index contributed by atoms with van der Waals surface area (Å²) in [6.45, 7) is 1.52. The quantitative estimate of drug-likeness (QED) is 0.661. The monoisotopic (exact) mass is 340 g/mol. The fourth-order valence-electron chi connectivity index (χ4n) is 2.84. The van der Waals surface area contributed by atoms with E-state index in [0.717, 1.165) is 18.7 Å². The van der Waals surface area contributed by atoms with Gasteiger partial charge in [-0.05, 0) is 36.8 Å². The van der Waals surface area contributed by atoms with Crippen LogP contribution in [0.15, 0.2) is 41.9 Å². The summed E-state index contributed by atoms with van der Waals surface area (Å²) in [5.74, 6) is 0.622. The highest BCUT2D eigenvalue weighted by molar-refractivity contribution is 7.13. The molecule has 1 aliphatic rings. The number of carbonyl (C=O) groups excluding carboxylic acids is 1. The Bertz CT molecular complexity index is 849. The normalized spacial score (nSPS) is 14.0. The van der Waals surface area contributed by atoms with Crippen LogP contribution in [-0.2, 0) is 6.54 Å². The van der Waals surface area contributed by atoms with E-state index in [9.17, 15) is 4.79 Å². The molecule has 0 atom stereocenters. The van der Waals surface area contributed by atoms with E-state index in [2.05, 4.69) is 50.6 Å². The zero-order chi connectivity index (χ0) is 16.4. The molecule has 2 N–H and O–H groups in total. The summed E-state index contributed by atoms with van der Waals surface area (Å²) < 4.78 is 2.22. The Kier molecular flexibility index (Phi) is 4.21. The second-order valence-corrected chi connectivity index (χ2v) is 7.01. The van der Waals surface area contributed by atoms with Crippen molar-refractivity contribution in [3.63, 3.8) is 0 Å². The lowest BCUT2D eigenvalue weighted by molar-refractivity contribution is 0.252. The number of nitrogens with zero attached hydrogens (tertiary/aromatic N) is 2. The summed E-state index contributed by atoms with van der Waals surface area (Å²) >= 11 is 1.50. The van der Waals surface area contributed by atoms with E-state index in [0.29, 0.717) is 17.6 Å². The molecule has 0 radical (unpaired) electrons. The fourth-order valence-corrected chi connectivity index (χ4v) is 3.63. The molecule has 3 aromatic rings. The maximum absolute atomic E-state index is 11.9. The van der Waals surface area contributed by atoms with Crippen LogP contribution in [0.4, 0.5) is 9.93 Å². The van der Waals surface area contributed by atoms with Crippen molar-refractivity contribution in [2.24, 2.45) is 0 Å². The molecule has 124 valence electrons. The number of carbonyl (C=O) groups is 1. The van der Waals surface area contributed by atoms with E-state index >= 15 is 0 Å². The van der Waals surface area contributed by atoms with Gasteiger partial charge in [-0.25, -0.2) is 9.78 Å². The molecule has 1 fully saturated rings. The number of benzene rings is 1. The molecule has 0 bridgehead atoms. The van der Waals surface area contributed by atoms with Crippen LogP contribution in [0.25, 0.3) is 10.9 Å². The van der Waals surface area contributed by atoms with Gasteiger partial charge in [0.25, 0.3) is 0 Å². The molecule has 0 saturated heterocycles. The number of hydrogen-bond acceptors (Lipinski definition) is 3. The zero-order valence-corrected chi connectivity index (χ0v) is 14.2. The van der Waals surface area contributed by atoms with Gasteiger partial charge < -0.3 is 9.88 Å². The molecule has 5 nitrogen and oxygen atoms in total. The van der Waals surface area contributed by atoms with Gasteiger partial charge in [0.1, 0.15) is 0 Å². The van der Waals surface area contributed by atoms with Crippen molar-refractivity contribution >= 4 is 33.4 Å². The van der Waals surface area contributed by atoms with Crippen molar-refractivity contribution < 1.29 is 4.79 Å². The van der Waals surface area contributed by atoms with Crippen LogP contribution in [0.1, 0.15) is 30.9 Å². The van der Waals surface area contributed by atoms with Crippen LogP contribution in [0.5, 0.6) is 0 Å². The van der Waals surface area contributed by atoms with Crippen molar-refractivity contribution in [3.8, 4) is 0 Å². The Balaban J connectivity index is 1.22. The van der Waals surface area contributed by atoms with E-state index in [1.54, 1.807) is 0 Å². The van der Waals surface area contributed by atoms with Gasteiger partial charge >= 0.3 is 6.03 Å². The molecule has 0 spiro atoms. The first-order valence-corrected chi connectivity index (χ1v) is 9.22. The molecular weight excluding hydrogens is 320 g/mol. The first kappa shape index (κ1) is 15.2. The minimum atomic E-state index is -0.177. The van der Waals surface area contributed by atoms with Crippen LogP contribution in [-0.4, -0.2) is 22.1 Å². The van der Waals surface area contributed by atoms with Gasteiger partial charge in [0.15, 0.2) is 5.13 Å². The van der Waals surface area contributed by atoms with E-state index in [1.165, 1.54) is 35.1 Å². The molecule has 0 unspecified atom stereocenters. The molecule has 0 aliphatic heterocycles. The summed E-state index contributed by atoms with van der Waals surface area (Å²) in [6.07, 6.45) is 5.43. The van der Waals surface area contributed by atoms with Crippen molar-refractivity contribution in [2.75, 3.05) is 11.9 Å². The number of urea groups is 1. The van der Waals surface area contributed by atoms with Crippen molar-refractivity contribution in [1.29, 1.82) is 0 Å². The number of amides is 2. The minimum absolute atomic E-state index is 0.177. The number of aromatic nitrogens is 2. The topological polar surface area (TPSA) is 59.0 Å². The predicted octanol–water partition coefficient (Wildman–Crippen LogP) is 4.19. The van der Waals surface area contributed by atoms with Gasteiger partial charge in [-0.2, -0.15) is 0 Å². The molecule has 24 heavy (non-hydrogen) atoms. The second kappa shape index (κ2) is 6.65. The van der Waals surface area contributed by atoms with Gasteiger partial charge in [0.2, 0.25) is 0 Å². The molecule has 2 amide bonds. The maximum Gasteiger partial charge on any atom is 0.321 e. The van der Waals surface area contributed by atoms with Crippen LogP contribution in [0.3, 0.4) is 0 Å². The number of hydrogen-bond donors (Lipinski definition) is 2. The van der Waals surface area contributed by atoms with Crippen LogP contribution in [0.2, 0.25) is 0 Å². The number of aryl methyl sites for hydroxylation is 1. The number of thiazole rings is 1. The number of rotatable bonds is 6. The third-order valence-corrected chi connectivity index (χ3v) is 5.06. The zero-order valence-electron chi connectivity index (χ0n) is 13.4. The standard InChI is InChI=1S/C18H20N4OS/c23-17(21-18-20-15(12-24-18)13-6-7-13)19-9-3-10-22-11-8-14-4-1-2-5-16(14)22/h1-2,4-5,8,11-13H,3,6-7,9-10H2,(H2,19,20,21,23). The van der Waals surface area contributed by atoms with Crippen molar-refractivity contribution in [2.45, 2.75) is 31.7 Å². The fraction of sp³-hybridized carbons (Fsp3) is 0.333. The smallest absolute Gasteiger partial charge is 0.321 e. The first-order chi connectivity index (χ1) is 11.8. The van der Waals surface area contributed by atoms with E-state index in [-0.39, 0.29) is 6.03 Å². The lowest BCUT2D eigenvalue weighted by Gasteiger charge is -2.07. The van der Waals surface area contributed by atoms with Crippen molar-refractivity contribution in [1.82, 2.24) is 14.9 Å². The minimum Gasteiger partial charge on any atom is -0.347 e. The summed E-state index contributed by atoms with van der Waals surface area (Å²) in [4.78, 5) is 16.4.